The molecule has 0 spiro atoms. The van der Waals surface area contributed by atoms with Crippen LogP contribution in [0.25, 0.3) is 0 Å². The summed E-state index contributed by atoms with van der Waals surface area (Å²) in [6, 6.07) is 0. The van der Waals surface area contributed by atoms with Gasteiger partial charge in [0.25, 0.3) is 5.54 Å². The molecule has 0 saturated heterocycles. The predicted molar refractivity (Wildman–Crippen MR) is 44.3 cm³/mol. The normalized spacial score (nSPS) is 33.7. The third-order valence-electron chi connectivity index (χ3n) is 2.21. The van der Waals surface area contributed by atoms with Gasteiger partial charge in [-0.2, -0.15) is 0 Å². The van der Waals surface area contributed by atoms with Gasteiger partial charge in [-0.3, -0.25) is 10.1 Å². The van der Waals surface area contributed by atoms with Crippen molar-refractivity contribution in [2.75, 3.05) is 0 Å². The lowest BCUT2D eigenvalue weighted by Gasteiger charge is -2.25. The lowest BCUT2D eigenvalue weighted by atomic mass is 9.87. The predicted octanol–water partition coefficient (Wildman–Crippen LogP) is 0.899. The van der Waals surface area contributed by atoms with E-state index in [1.165, 1.54) is 12.2 Å². The van der Waals surface area contributed by atoms with Crippen LogP contribution in [0.1, 0.15) is 13.3 Å². The van der Waals surface area contributed by atoms with Gasteiger partial charge in [0.2, 0.25) is 0 Å². The fourth-order valence-electron chi connectivity index (χ4n) is 1.28. The maximum atomic E-state index is 10.7. The maximum Gasteiger partial charge on any atom is 0.269 e. The highest BCUT2D eigenvalue weighted by Gasteiger charge is 2.45. The average molecular weight is 169 g/mol. The molecule has 0 aromatic carbocycles. The molecule has 0 saturated carbocycles. The first-order valence-electron chi connectivity index (χ1n) is 3.82. The minimum absolute atomic E-state index is 0.294. The third kappa shape index (κ3) is 1.14. The first-order chi connectivity index (χ1) is 5.63. The highest BCUT2D eigenvalue weighted by atomic mass is 16.6. The molecule has 0 bridgehead atoms. The van der Waals surface area contributed by atoms with Crippen molar-refractivity contribution in [1.82, 2.24) is 0 Å². The summed E-state index contributed by atoms with van der Waals surface area (Å²) in [5.41, 5.74) is -1.31. The van der Waals surface area contributed by atoms with Crippen molar-refractivity contribution < 1.29 is 10.0 Å². The van der Waals surface area contributed by atoms with Crippen molar-refractivity contribution in [2.45, 2.75) is 25.0 Å². The molecule has 0 amide bonds. The molecule has 0 aromatic heterocycles. The van der Waals surface area contributed by atoms with Crippen molar-refractivity contribution in [3.05, 3.63) is 34.4 Å². The van der Waals surface area contributed by atoms with Crippen LogP contribution in [0.15, 0.2) is 24.3 Å². The second kappa shape index (κ2) is 3.06. The number of allylic oxidation sites excluding steroid dienone is 2. The smallest absolute Gasteiger partial charge is 0.269 e. The molecule has 66 valence electrons. The zero-order chi connectivity index (χ0) is 9.19. The highest BCUT2D eigenvalue weighted by molar-refractivity contribution is 5.22. The van der Waals surface area contributed by atoms with Gasteiger partial charge in [-0.25, -0.2) is 0 Å². The Hall–Kier alpha value is -1.16. The van der Waals surface area contributed by atoms with Crippen LogP contribution < -0.4 is 0 Å². The Morgan fingerprint density at radius 2 is 2.33 bits per heavy atom. The summed E-state index contributed by atoms with van der Waals surface area (Å²) in [5, 5.41) is 20.1. The minimum Gasteiger partial charge on any atom is -0.381 e. The zero-order valence-corrected chi connectivity index (χ0v) is 6.80. The molecule has 2 atom stereocenters. The SMILES string of the molecule is CCC1([N+](=O)[O-])C=CC=CC1O. The quantitative estimate of drug-likeness (QED) is 0.493. The van der Waals surface area contributed by atoms with E-state index in [0.717, 1.165) is 0 Å². The van der Waals surface area contributed by atoms with E-state index in [1.807, 2.05) is 0 Å². The van der Waals surface area contributed by atoms with Gasteiger partial charge < -0.3 is 5.11 Å². The molecule has 2 unspecified atom stereocenters. The zero-order valence-electron chi connectivity index (χ0n) is 6.80. The maximum absolute atomic E-state index is 10.7. The number of aliphatic hydroxyl groups is 1. The molecular weight excluding hydrogens is 158 g/mol. The molecule has 12 heavy (non-hydrogen) atoms. The van der Waals surface area contributed by atoms with Crippen LogP contribution >= 0.6 is 0 Å². The third-order valence-corrected chi connectivity index (χ3v) is 2.21. The van der Waals surface area contributed by atoms with E-state index in [9.17, 15) is 15.2 Å². The molecule has 0 radical (unpaired) electrons. The molecule has 0 aliphatic heterocycles. The van der Waals surface area contributed by atoms with E-state index in [-0.39, 0.29) is 0 Å². The van der Waals surface area contributed by atoms with E-state index in [1.54, 1.807) is 19.1 Å². The molecule has 1 aliphatic rings. The Bertz CT molecular complexity index is 247. The standard InChI is InChI=1S/C8H11NO3/c1-2-8(9(11)12)6-4-3-5-7(8)10/h3-7,10H,2H2,1H3. The number of aliphatic hydroxyl groups excluding tert-OH is 1. The van der Waals surface area contributed by atoms with Crippen LogP contribution in [0.5, 0.6) is 0 Å². The molecule has 0 fully saturated rings. The Morgan fingerprint density at radius 3 is 2.67 bits per heavy atom. The number of hydrogen-bond acceptors (Lipinski definition) is 3. The van der Waals surface area contributed by atoms with Gasteiger partial charge in [-0.15, -0.1) is 0 Å². The summed E-state index contributed by atoms with van der Waals surface area (Å²) in [6.07, 6.45) is 5.37. The Balaban J connectivity index is 3.00. The van der Waals surface area contributed by atoms with Crippen molar-refractivity contribution in [3.63, 3.8) is 0 Å². The Labute approximate surface area is 70.4 Å². The van der Waals surface area contributed by atoms with Crippen LogP contribution in [0.3, 0.4) is 0 Å². The summed E-state index contributed by atoms with van der Waals surface area (Å²) in [5.74, 6) is 0. The van der Waals surface area contributed by atoms with Crippen molar-refractivity contribution in [3.8, 4) is 0 Å². The monoisotopic (exact) mass is 169 g/mol. The van der Waals surface area contributed by atoms with Crippen molar-refractivity contribution >= 4 is 0 Å². The van der Waals surface area contributed by atoms with E-state index in [2.05, 4.69) is 0 Å². The summed E-state index contributed by atoms with van der Waals surface area (Å²) < 4.78 is 0. The van der Waals surface area contributed by atoms with E-state index in [0.29, 0.717) is 6.42 Å². The van der Waals surface area contributed by atoms with Gasteiger partial charge in [0.1, 0.15) is 6.10 Å². The van der Waals surface area contributed by atoms with Crippen molar-refractivity contribution in [1.29, 1.82) is 0 Å². The number of nitrogens with zero attached hydrogens (tertiary/aromatic N) is 1. The summed E-state index contributed by atoms with van der Waals surface area (Å²) >= 11 is 0. The van der Waals surface area contributed by atoms with Gasteiger partial charge in [0, 0.05) is 11.3 Å². The van der Waals surface area contributed by atoms with Crippen LogP contribution in [0, 0.1) is 10.1 Å². The average Bonchev–Trinajstić information content (AvgIpc) is 2.05. The van der Waals surface area contributed by atoms with E-state index < -0.39 is 16.6 Å². The lowest BCUT2D eigenvalue weighted by molar-refractivity contribution is -0.565. The minimum atomic E-state index is -1.31. The molecule has 0 aromatic rings. The van der Waals surface area contributed by atoms with Gasteiger partial charge in [0.05, 0.1) is 0 Å². The van der Waals surface area contributed by atoms with Gasteiger partial charge in [-0.05, 0) is 12.2 Å². The van der Waals surface area contributed by atoms with Crippen LogP contribution in [0.2, 0.25) is 0 Å². The highest BCUT2D eigenvalue weighted by Crippen LogP contribution is 2.25. The first kappa shape index (κ1) is 8.93. The van der Waals surface area contributed by atoms with Crippen LogP contribution in [0.4, 0.5) is 0 Å². The van der Waals surface area contributed by atoms with Gasteiger partial charge in [0.15, 0.2) is 0 Å². The number of rotatable bonds is 2. The van der Waals surface area contributed by atoms with Gasteiger partial charge >= 0.3 is 0 Å². The summed E-state index contributed by atoms with van der Waals surface area (Å²) in [4.78, 5) is 10.2. The molecular formula is C8H11NO3. The van der Waals surface area contributed by atoms with Crippen LogP contribution in [-0.4, -0.2) is 21.7 Å². The first-order valence-corrected chi connectivity index (χ1v) is 3.82. The number of nitro groups is 1. The Morgan fingerprint density at radius 1 is 1.67 bits per heavy atom. The molecule has 4 heteroatoms. The lowest BCUT2D eigenvalue weighted by Crippen LogP contribution is -2.47. The fraction of sp³-hybridized carbons (Fsp3) is 0.500. The molecule has 1 rings (SSSR count). The largest absolute Gasteiger partial charge is 0.381 e. The second-order valence-electron chi connectivity index (χ2n) is 2.79. The summed E-state index contributed by atoms with van der Waals surface area (Å²) in [7, 11) is 0. The number of hydrogen-bond donors (Lipinski definition) is 1. The van der Waals surface area contributed by atoms with Crippen molar-refractivity contribution in [2.24, 2.45) is 0 Å². The second-order valence-corrected chi connectivity index (χ2v) is 2.79. The molecule has 4 nitrogen and oxygen atoms in total. The summed E-state index contributed by atoms with van der Waals surface area (Å²) in [6.45, 7) is 1.69. The van der Waals surface area contributed by atoms with E-state index >= 15 is 0 Å². The fourth-order valence-corrected chi connectivity index (χ4v) is 1.28. The topological polar surface area (TPSA) is 63.4 Å². The molecule has 0 heterocycles. The van der Waals surface area contributed by atoms with Gasteiger partial charge in [-0.1, -0.05) is 19.1 Å². The molecule has 1 N–H and O–H groups in total. The Kier molecular flexibility index (Phi) is 2.28. The van der Waals surface area contributed by atoms with Crippen LogP contribution in [-0.2, 0) is 0 Å². The molecule has 1 aliphatic carbocycles. The van der Waals surface area contributed by atoms with E-state index in [4.69, 9.17) is 0 Å².